The van der Waals surface area contributed by atoms with Crippen molar-refractivity contribution in [3.8, 4) is 6.07 Å². The number of carbonyl (C=O) groups excluding carboxylic acids is 2. The number of anilines is 3. The number of nitrogens with one attached hydrogen (secondary N) is 2. The third kappa shape index (κ3) is 5.66. The number of fused-ring (bicyclic) bond motifs is 1. The minimum absolute atomic E-state index is 0.0678. The smallest absolute Gasteiger partial charge is 0.258 e. The number of carbonyl (C=O) groups is 2. The van der Waals surface area contributed by atoms with Crippen molar-refractivity contribution in [1.82, 2.24) is 9.80 Å². The summed E-state index contributed by atoms with van der Waals surface area (Å²) in [5, 5.41) is 16.8. The Labute approximate surface area is 233 Å². The first-order valence-electron chi connectivity index (χ1n) is 12.7. The molecular formula is C30H29ClN6O2. The molecule has 0 aromatic heterocycles. The van der Waals surface area contributed by atoms with Gasteiger partial charge in [-0.15, -0.1) is 0 Å². The van der Waals surface area contributed by atoms with E-state index < -0.39 is 0 Å². The van der Waals surface area contributed by atoms with Crippen LogP contribution in [0.15, 0.2) is 66.7 Å². The van der Waals surface area contributed by atoms with Crippen LogP contribution in [0.2, 0.25) is 5.02 Å². The molecule has 2 aliphatic heterocycles. The highest BCUT2D eigenvalue weighted by Gasteiger charge is 2.29. The number of nitriles is 1. The van der Waals surface area contributed by atoms with Crippen LogP contribution in [0.5, 0.6) is 0 Å². The summed E-state index contributed by atoms with van der Waals surface area (Å²) >= 11 is 6.16. The van der Waals surface area contributed by atoms with Crippen LogP contribution in [0.4, 0.5) is 17.1 Å². The van der Waals surface area contributed by atoms with E-state index in [4.69, 9.17) is 11.6 Å². The predicted molar refractivity (Wildman–Crippen MR) is 155 cm³/mol. The highest BCUT2D eigenvalue weighted by atomic mass is 35.5. The normalized spacial score (nSPS) is 16.7. The fraction of sp³-hybridized carbons (Fsp3) is 0.233. The Morgan fingerprint density at radius 1 is 1.08 bits per heavy atom. The Hall–Kier alpha value is -4.16. The van der Waals surface area contributed by atoms with Gasteiger partial charge in [0.25, 0.3) is 5.91 Å². The summed E-state index contributed by atoms with van der Waals surface area (Å²) in [6.07, 6.45) is 0. The van der Waals surface area contributed by atoms with Crippen molar-refractivity contribution < 1.29 is 9.59 Å². The molecule has 39 heavy (non-hydrogen) atoms. The zero-order valence-electron chi connectivity index (χ0n) is 21.9. The predicted octanol–water partition coefficient (Wildman–Crippen LogP) is 4.35. The van der Waals surface area contributed by atoms with Gasteiger partial charge >= 0.3 is 0 Å². The van der Waals surface area contributed by atoms with Gasteiger partial charge in [-0.2, -0.15) is 5.26 Å². The molecule has 3 aromatic rings. The van der Waals surface area contributed by atoms with Gasteiger partial charge in [-0.1, -0.05) is 48.0 Å². The fourth-order valence-corrected chi connectivity index (χ4v) is 5.03. The van der Waals surface area contributed by atoms with Gasteiger partial charge < -0.3 is 20.4 Å². The molecule has 0 unspecified atom stereocenters. The molecule has 3 aromatic carbocycles. The number of likely N-dealkylation sites (N-methyl/N-ethyl adjacent to an activating group) is 2. The number of piperazine rings is 1. The van der Waals surface area contributed by atoms with Crippen molar-refractivity contribution in [2.45, 2.75) is 0 Å². The first-order valence-corrected chi connectivity index (χ1v) is 13.1. The molecule has 0 saturated carbocycles. The molecule has 198 valence electrons. The van der Waals surface area contributed by atoms with E-state index >= 15 is 0 Å². The average molecular weight is 541 g/mol. The zero-order chi connectivity index (χ0) is 27.5. The van der Waals surface area contributed by atoms with Crippen molar-refractivity contribution >= 4 is 51.7 Å². The van der Waals surface area contributed by atoms with Crippen LogP contribution in [0.25, 0.3) is 11.3 Å². The Balaban J connectivity index is 1.45. The summed E-state index contributed by atoms with van der Waals surface area (Å²) < 4.78 is 0. The quantitative estimate of drug-likeness (QED) is 0.452. The van der Waals surface area contributed by atoms with Gasteiger partial charge in [-0.05, 0) is 42.9 Å². The maximum Gasteiger partial charge on any atom is 0.258 e. The summed E-state index contributed by atoms with van der Waals surface area (Å²) in [7, 11) is 3.77. The standard InChI is InChI=1S/C30H29ClN6O2/c1-35-12-14-37(15-13-35)19-27(38)36(2)26-11-9-23(16-21(26)18-32)33-29(20-6-4-3-5-7-20)28-24-10-8-22(31)17-25(24)34-30(28)39/h3-11,16-17,33H,12-15,19H2,1-2H3,(H,34,39)/b29-28-. The minimum atomic E-state index is -0.245. The highest BCUT2D eigenvalue weighted by Crippen LogP contribution is 2.39. The van der Waals surface area contributed by atoms with Crippen molar-refractivity contribution in [3.63, 3.8) is 0 Å². The number of nitrogens with zero attached hydrogens (tertiary/aromatic N) is 4. The van der Waals surface area contributed by atoms with Gasteiger partial charge in [-0.3, -0.25) is 14.5 Å². The molecule has 1 fully saturated rings. The largest absolute Gasteiger partial charge is 0.354 e. The average Bonchev–Trinajstić information content (AvgIpc) is 3.27. The molecule has 1 saturated heterocycles. The second-order valence-electron chi connectivity index (χ2n) is 9.76. The lowest BCUT2D eigenvalue weighted by Crippen LogP contribution is -2.48. The van der Waals surface area contributed by atoms with Crippen LogP contribution in [0, 0.1) is 11.3 Å². The van der Waals surface area contributed by atoms with E-state index in [2.05, 4.69) is 33.6 Å². The van der Waals surface area contributed by atoms with Gasteiger partial charge in [0.05, 0.1) is 34.8 Å². The van der Waals surface area contributed by atoms with E-state index in [1.807, 2.05) is 42.5 Å². The van der Waals surface area contributed by atoms with Gasteiger partial charge in [0.15, 0.2) is 0 Å². The van der Waals surface area contributed by atoms with Crippen LogP contribution in [0.3, 0.4) is 0 Å². The minimum Gasteiger partial charge on any atom is -0.354 e. The summed E-state index contributed by atoms with van der Waals surface area (Å²) in [5.74, 6) is -0.313. The maximum atomic E-state index is 13.1. The monoisotopic (exact) mass is 540 g/mol. The zero-order valence-corrected chi connectivity index (χ0v) is 22.6. The summed E-state index contributed by atoms with van der Waals surface area (Å²) in [5.41, 5.74) is 4.79. The van der Waals surface area contributed by atoms with Crippen LogP contribution in [0.1, 0.15) is 16.7 Å². The first kappa shape index (κ1) is 26.4. The van der Waals surface area contributed by atoms with Crippen molar-refractivity contribution in [2.75, 3.05) is 62.4 Å². The summed E-state index contributed by atoms with van der Waals surface area (Å²) in [6.45, 7) is 3.83. The Morgan fingerprint density at radius 3 is 2.54 bits per heavy atom. The summed E-state index contributed by atoms with van der Waals surface area (Å²) in [6, 6.07) is 22.3. The second-order valence-corrected chi connectivity index (χ2v) is 10.2. The van der Waals surface area contributed by atoms with E-state index in [0.717, 1.165) is 37.3 Å². The number of amides is 2. The van der Waals surface area contributed by atoms with Crippen molar-refractivity contribution in [3.05, 3.63) is 88.4 Å². The van der Waals surface area contributed by atoms with Gasteiger partial charge in [0, 0.05) is 49.5 Å². The first-order chi connectivity index (χ1) is 18.8. The third-order valence-corrected chi connectivity index (χ3v) is 7.35. The number of hydrogen-bond acceptors (Lipinski definition) is 6. The van der Waals surface area contributed by atoms with Crippen molar-refractivity contribution in [1.29, 1.82) is 5.26 Å². The van der Waals surface area contributed by atoms with E-state index in [1.165, 1.54) is 0 Å². The molecule has 2 N–H and O–H groups in total. The summed E-state index contributed by atoms with van der Waals surface area (Å²) in [4.78, 5) is 32.1. The molecule has 9 heteroatoms. The fourth-order valence-electron chi connectivity index (χ4n) is 4.85. The van der Waals surface area contributed by atoms with E-state index in [1.54, 1.807) is 36.2 Å². The lowest BCUT2D eigenvalue weighted by molar-refractivity contribution is -0.119. The lowest BCUT2D eigenvalue weighted by atomic mass is 10.00. The van der Waals surface area contributed by atoms with Crippen LogP contribution in [-0.4, -0.2) is 68.4 Å². The van der Waals surface area contributed by atoms with E-state index in [-0.39, 0.29) is 11.8 Å². The van der Waals surface area contributed by atoms with E-state index in [0.29, 0.717) is 45.5 Å². The van der Waals surface area contributed by atoms with Gasteiger partial charge in [0.2, 0.25) is 5.91 Å². The Bertz CT molecular complexity index is 1490. The molecule has 5 rings (SSSR count). The Kier molecular flexibility index (Phi) is 7.66. The van der Waals surface area contributed by atoms with E-state index in [9.17, 15) is 14.9 Å². The highest BCUT2D eigenvalue weighted by molar-refractivity contribution is 6.38. The van der Waals surface area contributed by atoms with Crippen LogP contribution in [-0.2, 0) is 9.59 Å². The molecule has 0 atom stereocenters. The molecule has 0 spiro atoms. The maximum absolute atomic E-state index is 13.1. The van der Waals surface area contributed by atoms with Crippen LogP contribution >= 0.6 is 11.6 Å². The molecular weight excluding hydrogens is 512 g/mol. The topological polar surface area (TPSA) is 91.7 Å². The van der Waals surface area contributed by atoms with Crippen LogP contribution < -0.4 is 15.5 Å². The second kappa shape index (κ2) is 11.3. The number of benzene rings is 3. The molecule has 0 aliphatic carbocycles. The Morgan fingerprint density at radius 2 is 1.82 bits per heavy atom. The number of rotatable bonds is 6. The van der Waals surface area contributed by atoms with Crippen molar-refractivity contribution in [2.24, 2.45) is 0 Å². The SMILES string of the molecule is CN1CCN(CC(=O)N(C)c2ccc(N/C(=C3\C(=O)Nc4cc(Cl)ccc43)c3ccccc3)cc2C#N)CC1. The molecule has 2 amide bonds. The molecule has 8 nitrogen and oxygen atoms in total. The van der Waals surface area contributed by atoms with Gasteiger partial charge in [0.1, 0.15) is 6.07 Å². The molecule has 2 heterocycles. The molecule has 2 aliphatic rings. The number of halogens is 1. The molecule has 0 bridgehead atoms. The molecule has 0 radical (unpaired) electrons. The number of hydrogen-bond donors (Lipinski definition) is 2. The van der Waals surface area contributed by atoms with Gasteiger partial charge in [-0.25, -0.2) is 0 Å². The lowest BCUT2D eigenvalue weighted by Gasteiger charge is -2.33. The third-order valence-electron chi connectivity index (χ3n) is 7.12.